The first-order valence-corrected chi connectivity index (χ1v) is 11.6. The van der Waals surface area contributed by atoms with Crippen molar-refractivity contribution in [1.29, 1.82) is 0 Å². The molecule has 0 aliphatic carbocycles. The quantitative estimate of drug-likeness (QED) is 0.158. The SMILES string of the molecule is CC(Oc1ccc(-c2ccccc2)cc1)C(=O)Oc1cccc(C(=O)OCCOc2ccccc2)c1. The van der Waals surface area contributed by atoms with Gasteiger partial charge in [-0.1, -0.05) is 66.7 Å². The van der Waals surface area contributed by atoms with Gasteiger partial charge >= 0.3 is 11.9 Å². The first-order chi connectivity index (χ1) is 17.6. The van der Waals surface area contributed by atoms with E-state index in [-0.39, 0.29) is 24.5 Å². The number of carbonyl (C=O) groups excluding carboxylic acids is 2. The molecule has 6 heteroatoms. The van der Waals surface area contributed by atoms with Crippen LogP contribution in [0.5, 0.6) is 17.2 Å². The van der Waals surface area contributed by atoms with Gasteiger partial charge in [-0.15, -0.1) is 0 Å². The molecule has 0 aromatic heterocycles. The molecule has 0 saturated heterocycles. The lowest BCUT2D eigenvalue weighted by Gasteiger charge is -2.14. The summed E-state index contributed by atoms with van der Waals surface area (Å²) in [5, 5.41) is 0. The minimum atomic E-state index is -0.849. The number of hydrogen-bond acceptors (Lipinski definition) is 6. The molecule has 0 spiro atoms. The molecule has 4 aromatic rings. The Labute approximate surface area is 210 Å². The van der Waals surface area contributed by atoms with E-state index < -0.39 is 18.0 Å². The van der Waals surface area contributed by atoms with E-state index in [0.717, 1.165) is 11.1 Å². The molecule has 0 amide bonds. The number of esters is 2. The third kappa shape index (κ3) is 6.96. The topological polar surface area (TPSA) is 71.1 Å². The normalized spacial score (nSPS) is 11.2. The van der Waals surface area contributed by atoms with Crippen LogP contribution in [0, 0.1) is 0 Å². The Balaban J connectivity index is 1.26. The second kappa shape index (κ2) is 12.2. The number of rotatable bonds is 10. The van der Waals surface area contributed by atoms with Gasteiger partial charge in [-0.25, -0.2) is 9.59 Å². The van der Waals surface area contributed by atoms with E-state index in [4.69, 9.17) is 18.9 Å². The monoisotopic (exact) mass is 482 g/mol. The van der Waals surface area contributed by atoms with Crippen LogP contribution < -0.4 is 14.2 Å². The van der Waals surface area contributed by atoms with E-state index in [1.165, 1.54) is 6.07 Å². The molecule has 0 aliphatic heterocycles. The van der Waals surface area contributed by atoms with E-state index in [2.05, 4.69) is 0 Å². The van der Waals surface area contributed by atoms with E-state index in [1.54, 1.807) is 25.1 Å². The second-order valence-electron chi connectivity index (χ2n) is 7.90. The van der Waals surface area contributed by atoms with Crippen molar-refractivity contribution in [2.45, 2.75) is 13.0 Å². The summed E-state index contributed by atoms with van der Waals surface area (Å²) in [4.78, 5) is 24.9. The highest BCUT2D eigenvalue weighted by Gasteiger charge is 2.18. The Morgan fingerprint density at radius 3 is 2.03 bits per heavy atom. The Morgan fingerprint density at radius 2 is 1.31 bits per heavy atom. The lowest BCUT2D eigenvalue weighted by atomic mass is 10.1. The maximum Gasteiger partial charge on any atom is 0.352 e. The fourth-order valence-electron chi connectivity index (χ4n) is 3.39. The molecule has 6 nitrogen and oxygen atoms in total. The van der Waals surface area contributed by atoms with Crippen molar-refractivity contribution >= 4 is 11.9 Å². The lowest BCUT2D eigenvalue weighted by Crippen LogP contribution is -2.28. The van der Waals surface area contributed by atoms with Crippen LogP contribution in [-0.4, -0.2) is 31.3 Å². The van der Waals surface area contributed by atoms with Crippen LogP contribution >= 0.6 is 0 Å². The van der Waals surface area contributed by atoms with Crippen LogP contribution in [0.15, 0.2) is 109 Å². The molecule has 182 valence electrons. The van der Waals surface area contributed by atoms with Crippen molar-refractivity contribution < 1.29 is 28.5 Å². The Hall–Kier alpha value is -4.58. The van der Waals surface area contributed by atoms with Crippen molar-refractivity contribution in [3.63, 3.8) is 0 Å². The Bertz CT molecular complexity index is 1270. The highest BCUT2D eigenvalue weighted by molar-refractivity contribution is 5.90. The van der Waals surface area contributed by atoms with Crippen LogP contribution in [-0.2, 0) is 9.53 Å². The number of benzene rings is 4. The van der Waals surface area contributed by atoms with Gasteiger partial charge < -0.3 is 18.9 Å². The van der Waals surface area contributed by atoms with Crippen molar-refractivity contribution in [3.05, 3.63) is 115 Å². The summed E-state index contributed by atoms with van der Waals surface area (Å²) < 4.78 is 21.9. The fourth-order valence-corrected chi connectivity index (χ4v) is 3.39. The van der Waals surface area contributed by atoms with Crippen LogP contribution in [0.4, 0.5) is 0 Å². The van der Waals surface area contributed by atoms with Gasteiger partial charge in [-0.05, 0) is 60.5 Å². The Kier molecular flexibility index (Phi) is 8.33. The average molecular weight is 483 g/mol. The molecule has 0 fully saturated rings. The summed E-state index contributed by atoms with van der Waals surface area (Å²) in [5.41, 5.74) is 2.41. The number of hydrogen-bond donors (Lipinski definition) is 0. The van der Waals surface area contributed by atoms with Crippen molar-refractivity contribution in [2.24, 2.45) is 0 Å². The highest BCUT2D eigenvalue weighted by atomic mass is 16.6. The van der Waals surface area contributed by atoms with Gasteiger partial charge in [0, 0.05) is 0 Å². The van der Waals surface area contributed by atoms with Crippen LogP contribution in [0.1, 0.15) is 17.3 Å². The van der Waals surface area contributed by atoms with Gasteiger partial charge in [0.25, 0.3) is 0 Å². The van der Waals surface area contributed by atoms with Gasteiger partial charge in [-0.3, -0.25) is 0 Å². The fraction of sp³-hybridized carbons (Fsp3) is 0.133. The summed E-state index contributed by atoms with van der Waals surface area (Å²) >= 11 is 0. The molecule has 0 heterocycles. The zero-order valence-corrected chi connectivity index (χ0v) is 19.8. The lowest BCUT2D eigenvalue weighted by molar-refractivity contribution is -0.141. The smallest absolute Gasteiger partial charge is 0.352 e. The minimum absolute atomic E-state index is 0.0890. The summed E-state index contributed by atoms with van der Waals surface area (Å²) in [5.74, 6) is 0.362. The van der Waals surface area contributed by atoms with Crippen molar-refractivity contribution in [1.82, 2.24) is 0 Å². The maximum absolute atomic E-state index is 12.6. The second-order valence-corrected chi connectivity index (χ2v) is 7.90. The summed E-state index contributed by atoms with van der Waals surface area (Å²) in [7, 11) is 0. The predicted octanol–water partition coefficient (Wildman–Crippen LogP) is 5.96. The molecule has 0 aliphatic rings. The third-order valence-electron chi connectivity index (χ3n) is 5.22. The maximum atomic E-state index is 12.6. The van der Waals surface area contributed by atoms with E-state index in [1.807, 2.05) is 84.9 Å². The highest BCUT2D eigenvalue weighted by Crippen LogP contribution is 2.23. The molecule has 0 saturated carbocycles. The zero-order chi connectivity index (χ0) is 25.2. The molecular weight excluding hydrogens is 456 g/mol. The summed E-state index contributed by atoms with van der Waals surface area (Å²) in [6.07, 6.45) is -0.849. The molecule has 0 bridgehead atoms. The minimum Gasteiger partial charge on any atom is -0.490 e. The molecule has 0 N–H and O–H groups in total. The Morgan fingerprint density at radius 1 is 0.667 bits per heavy atom. The molecule has 36 heavy (non-hydrogen) atoms. The molecule has 0 radical (unpaired) electrons. The number of carbonyl (C=O) groups is 2. The van der Waals surface area contributed by atoms with Gasteiger partial charge in [0.15, 0.2) is 6.10 Å². The average Bonchev–Trinajstić information content (AvgIpc) is 2.92. The molecule has 1 unspecified atom stereocenters. The number of ether oxygens (including phenoxy) is 4. The molecule has 4 aromatic carbocycles. The third-order valence-corrected chi connectivity index (χ3v) is 5.22. The molecule has 4 rings (SSSR count). The predicted molar refractivity (Wildman–Crippen MR) is 136 cm³/mol. The van der Waals surface area contributed by atoms with Crippen LogP contribution in [0.3, 0.4) is 0 Å². The first-order valence-electron chi connectivity index (χ1n) is 11.6. The van der Waals surface area contributed by atoms with Gasteiger partial charge in [0.2, 0.25) is 0 Å². The van der Waals surface area contributed by atoms with E-state index in [9.17, 15) is 9.59 Å². The van der Waals surface area contributed by atoms with Gasteiger partial charge in [0.1, 0.15) is 30.5 Å². The largest absolute Gasteiger partial charge is 0.490 e. The summed E-state index contributed by atoms with van der Waals surface area (Å²) in [6, 6.07) is 33.0. The summed E-state index contributed by atoms with van der Waals surface area (Å²) in [6.45, 7) is 1.93. The standard InChI is InChI=1S/C30H26O6/c1-22(35-27-17-15-24(16-18-27)23-9-4-2-5-10-23)29(31)36-28-14-8-11-25(21-28)30(32)34-20-19-33-26-12-6-3-7-13-26/h2-18,21-22H,19-20H2,1H3. The van der Waals surface area contributed by atoms with Gasteiger partial charge in [-0.2, -0.15) is 0 Å². The first kappa shape index (κ1) is 24.5. The van der Waals surface area contributed by atoms with Crippen LogP contribution in [0.25, 0.3) is 11.1 Å². The van der Waals surface area contributed by atoms with Crippen LogP contribution in [0.2, 0.25) is 0 Å². The molecule has 1 atom stereocenters. The van der Waals surface area contributed by atoms with Crippen molar-refractivity contribution in [3.8, 4) is 28.4 Å². The number of para-hydroxylation sites is 1. The van der Waals surface area contributed by atoms with Gasteiger partial charge in [0.05, 0.1) is 5.56 Å². The molecular formula is C30H26O6. The van der Waals surface area contributed by atoms with E-state index in [0.29, 0.717) is 11.5 Å². The van der Waals surface area contributed by atoms with Crippen molar-refractivity contribution in [2.75, 3.05) is 13.2 Å². The zero-order valence-electron chi connectivity index (χ0n) is 19.8. The van der Waals surface area contributed by atoms with E-state index >= 15 is 0 Å².